The molecule has 3 rings (SSSR count). The predicted molar refractivity (Wildman–Crippen MR) is 78.8 cm³/mol. The summed E-state index contributed by atoms with van der Waals surface area (Å²) < 4.78 is 1.44. The second-order valence-corrected chi connectivity index (χ2v) is 4.78. The third-order valence-corrected chi connectivity index (χ3v) is 3.16. The van der Waals surface area contributed by atoms with E-state index >= 15 is 0 Å². The Balaban J connectivity index is 2.16. The number of hydrogen-bond acceptors (Lipinski definition) is 3. The number of aromatic nitrogens is 3. The van der Waals surface area contributed by atoms with Crippen molar-refractivity contribution >= 4 is 17.6 Å². The lowest BCUT2D eigenvalue weighted by atomic mass is 10.1. The number of hydrogen-bond donors (Lipinski definition) is 1. The van der Waals surface area contributed by atoms with E-state index in [1.807, 2.05) is 6.07 Å². The summed E-state index contributed by atoms with van der Waals surface area (Å²) in [6, 6.07) is 12.3. The first-order chi connectivity index (χ1) is 10.1. The minimum absolute atomic E-state index is 0.0999. The number of carboxylic acids is 1. The highest BCUT2D eigenvalue weighted by Gasteiger charge is 2.18. The normalized spacial score (nSPS) is 10.5. The Morgan fingerprint density at radius 2 is 2.05 bits per heavy atom. The summed E-state index contributed by atoms with van der Waals surface area (Å²) in [7, 11) is 0. The summed E-state index contributed by atoms with van der Waals surface area (Å²) in [6.07, 6.45) is 3.07. The SMILES string of the molecule is O=C(O)c1cn(-c2ccccn2)nc1-c1cccc(Cl)c1. The maximum atomic E-state index is 11.4. The molecule has 3 aromatic rings. The zero-order valence-corrected chi connectivity index (χ0v) is 11.5. The first-order valence-electron chi connectivity index (χ1n) is 6.15. The Morgan fingerprint density at radius 1 is 1.19 bits per heavy atom. The summed E-state index contributed by atoms with van der Waals surface area (Å²) in [5.74, 6) is -0.500. The highest BCUT2D eigenvalue weighted by atomic mass is 35.5. The van der Waals surface area contributed by atoms with E-state index in [2.05, 4.69) is 10.1 Å². The highest BCUT2D eigenvalue weighted by Crippen LogP contribution is 2.25. The number of rotatable bonds is 3. The molecule has 0 saturated carbocycles. The zero-order valence-electron chi connectivity index (χ0n) is 10.8. The van der Waals surface area contributed by atoms with Crippen molar-refractivity contribution in [3.63, 3.8) is 0 Å². The Morgan fingerprint density at radius 3 is 2.71 bits per heavy atom. The number of aromatic carboxylic acids is 1. The Bertz CT molecular complexity index is 800. The van der Waals surface area contributed by atoms with Gasteiger partial charge in [0, 0.05) is 23.0 Å². The lowest BCUT2D eigenvalue weighted by Crippen LogP contribution is -1.97. The van der Waals surface area contributed by atoms with Crippen molar-refractivity contribution in [3.05, 3.63) is 65.4 Å². The van der Waals surface area contributed by atoms with Crippen molar-refractivity contribution < 1.29 is 9.90 Å². The Labute approximate surface area is 125 Å². The van der Waals surface area contributed by atoms with Gasteiger partial charge < -0.3 is 5.11 Å². The van der Waals surface area contributed by atoms with Gasteiger partial charge in [0.1, 0.15) is 11.3 Å². The lowest BCUT2D eigenvalue weighted by molar-refractivity contribution is 0.0697. The fourth-order valence-electron chi connectivity index (χ4n) is 1.99. The van der Waals surface area contributed by atoms with Gasteiger partial charge in [0.15, 0.2) is 5.82 Å². The minimum Gasteiger partial charge on any atom is -0.478 e. The Kier molecular flexibility index (Phi) is 3.41. The van der Waals surface area contributed by atoms with E-state index < -0.39 is 5.97 Å². The van der Waals surface area contributed by atoms with Crippen LogP contribution in [0.5, 0.6) is 0 Å². The average molecular weight is 300 g/mol. The summed E-state index contributed by atoms with van der Waals surface area (Å²) in [5.41, 5.74) is 1.10. The molecule has 0 radical (unpaired) electrons. The third-order valence-electron chi connectivity index (χ3n) is 2.93. The molecule has 0 fully saturated rings. The maximum Gasteiger partial charge on any atom is 0.339 e. The molecule has 104 valence electrons. The summed E-state index contributed by atoms with van der Waals surface area (Å²) in [5, 5.41) is 14.2. The van der Waals surface area contributed by atoms with Crippen LogP contribution in [0.15, 0.2) is 54.9 Å². The number of carbonyl (C=O) groups is 1. The summed E-state index contributed by atoms with van der Waals surface area (Å²) >= 11 is 5.96. The van der Waals surface area contributed by atoms with Crippen molar-refractivity contribution in [1.82, 2.24) is 14.8 Å². The van der Waals surface area contributed by atoms with Gasteiger partial charge in [-0.05, 0) is 24.3 Å². The molecule has 2 aromatic heterocycles. The van der Waals surface area contributed by atoms with E-state index in [4.69, 9.17) is 11.6 Å². The van der Waals surface area contributed by atoms with Gasteiger partial charge in [-0.2, -0.15) is 5.10 Å². The maximum absolute atomic E-state index is 11.4. The van der Waals surface area contributed by atoms with Crippen LogP contribution in [-0.2, 0) is 0 Å². The van der Waals surface area contributed by atoms with Gasteiger partial charge in [0.05, 0.1) is 0 Å². The second kappa shape index (κ2) is 5.38. The number of pyridine rings is 1. The van der Waals surface area contributed by atoms with Crippen LogP contribution < -0.4 is 0 Å². The van der Waals surface area contributed by atoms with Crippen LogP contribution >= 0.6 is 11.6 Å². The molecule has 1 aromatic carbocycles. The molecule has 0 bridgehead atoms. The van der Waals surface area contributed by atoms with Crippen LogP contribution in [0.4, 0.5) is 0 Å². The van der Waals surface area contributed by atoms with Gasteiger partial charge in [-0.1, -0.05) is 29.8 Å². The van der Waals surface area contributed by atoms with Crippen LogP contribution in [-0.4, -0.2) is 25.8 Å². The topological polar surface area (TPSA) is 68.0 Å². The molecule has 0 spiro atoms. The van der Waals surface area contributed by atoms with Gasteiger partial charge in [-0.25, -0.2) is 14.5 Å². The van der Waals surface area contributed by atoms with E-state index in [0.29, 0.717) is 22.1 Å². The van der Waals surface area contributed by atoms with Crippen LogP contribution in [0.25, 0.3) is 17.1 Å². The van der Waals surface area contributed by atoms with Gasteiger partial charge in [-0.3, -0.25) is 0 Å². The highest BCUT2D eigenvalue weighted by molar-refractivity contribution is 6.30. The van der Waals surface area contributed by atoms with Crippen molar-refractivity contribution in [3.8, 4) is 17.1 Å². The van der Waals surface area contributed by atoms with E-state index in [-0.39, 0.29) is 5.56 Å². The lowest BCUT2D eigenvalue weighted by Gasteiger charge is -2.00. The molecule has 1 N–H and O–H groups in total. The van der Waals surface area contributed by atoms with Crippen molar-refractivity contribution in [2.45, 2.75) is 0 Å². The van der Waals surface area contributed by atoms with Crippen molar-refractivity contribution in [2.24, 2.45) is 0 Å². The van der Waals surface area contributed by atoms with Crippen LogP contribution in [0, 0.1) is 0 Å². The first kappa shape index (κ1) is 13.3. The molecule has 0 amide bonds. The molecule has 6 heteroatoms. The average Bonchev–Trinajstić information content (AvgIpc) is 2.93. The monoisotopic (exact) mass is 299 g/mol. The molecule has 0 saturated heterocycles. The molecular weight excluding hydrogens is 290 g/mol. The van der Waals surface area contributed by atoms with Gasteiger partial charge in [0.25, 0.3) is 0 Å². The molecule has 0 aliphatic heterocycles. The van der Waals surface area contributed by atoms with E-state index in [0.717, 1.165) is 0 Å². The molecule has 21 heavy (non-hydrogen) atoms. The Hall–Kier alpha value is -2.66. The first-order valence-corrected chi connectivity index (χ1v) is 6.53. The van der Waals surface area contributed by atoms with Gasteiger partial charge in [0.2, 0.25) is 0 Å². The molecule has 0 aliphatic rings. The fraction of sp³-hybridized carbons (Fsp3) is 0. The van der Waals surface area contributed by atoms with Crippen molar-refractivity contribution in [2.75, 3.05) is 0 Å². The van der Waals surface area contributed by atoms with Gasteiger partial charge in [-0.15, -0.1) is 0 Å². The molecule has 5 nitrogen and oxygen atoms in total. The van der Waals surface area contributed by atoms with Crippen LogP contribution in [0.1, 0.15) is 10.4 Å². The summed E-state index contributed by atoms with van der Waals surface area (Å²) in [6.45, 7) is 0. The second-order valence-electron chi connectivity index (χ2n) is 4.34. The molecule has 0 aliphatic carbocycles. The molecule has 0 atom stereocenters. The van der Waals surface area contributed by atoms with Crippen LogP contribution in [0.2, 0.25) is 5.02 Å². The van der Waals surface area contributed by atoms with Crippen molar-refractivity contribution in [1.29, 1.82) is 0 Å². The molecular formula is C15H10ClN3O2. The quantitative estimate of drug-likeness (QED) is 0.806. The van der Waals surface area contributed by atoms with Gasteiger partial charge >= 0.3 is 5.97 Å². The number of carboxylic acid groups (broad SMARTS) is 1. The fourth-order valence-corrected chi connectivity index (χ4v) is 2.18. The molecule has 0 unspecified atom stereocenters. The van der Waals surface area contributed by atoms with Crippen LogP contribution in [0.3, 0.4) is 0 Å². The molecule has 2 heterocycles. The summed E-state index contributed by atoms with van der Waals surface area (Å²) in [4.78, 5) is 15.6. The number of benzene rings is 1. The van der Waals surface area contributed by atoms with E-state index in [9.17, 15) is 9.90 Å². The zero-order chi connectivity index (χ0) is 14.8. The predicted octanol–water partition coefficient (Wildman–Crippen LogP) is 3.29. The standard InChI is InChI=1S/C15H10ClN3O2/c16-11-5-3-4-10(8-11)14-12(15(20)21)9-19(18-14)13-6-1-2-7-17-13/h1-9H,(H,20,21). The largest absolute Gasteiger partial charge is 0.478 e. The third kappa shape index (κ3) is 2.64. The smallest absolute Gasteiger partial charge is 0.339 e. The van der Waals surface area contributed by atoms with E-state index in [1.165, 1.54) is 10.9 Å². The van der Waals surface area contributed by atoms with E-state index in [1.54, 1.807) is 42.6 Å². The number of nitrogens with zero attached hydrogens (tertiary/aromatic N) is 3. The number of halogens is 1. The minimum atomic E-state index is -1.05.